The van der Waals surface area contributed by atoms with Gasteiger partial charge >= 0.3 is 0 Å². The summed E-state index contributed by atoms with van der Waals surface area (Å²) in [5, 5.41) is 0. The number of fused-ring (bicyclic) bond motifs is 1. The van der Waals surface area contributed by atoms with Crippen molar-refractivity contribution in [3.63, 3.8) is 0 Å². The van der Waals surface area contributed by atoms with Crippen LogP contribution in [0.25, 0.3) is 5.52 Å². The maximum atomic E-state index is 13.0. The second-order valence-corrected chi connectivity index (χ2v) is 2.49. The molecule has 0 atom stereocenters. The number of halogens is 1. The topological polar surface area (TPSA) is 43.3 Å². The van der Waals surface area contributed by atoms with Crippen LogP contribution in [0.1, 0.15) is 5.82 Å². The molecule has 0 aliphatic carbocycles. The van der Waals surface area contributed by atoms with E-state index in [0.717, 1.165) is 0 Å². The Kier molecular flexibility index (Phi) is 1.55. The maximum absolute atomic E-state index is 13.0. The van der Waals surface area contributed by atoms with Gasteiger partial charge in [-0.25, -0.2) is 9.37 Å². The summed E-state index contributed by atoms with van der Waals surface area (Å²) in [5.41, 5.74) is 5.87. The zero-order chi connectivity index (χ0) is 8.55. The number of pyridine rings is 1. The standard InChI is InChI=1S/C8H8FN3/c9-6-2-1-3-12-7(6)5-11-8(12)4-10/h1-3,5H,4,10H2. The highest BCUT2D eigenvalue weighted by Crippen LogP contribution is 2.10. The molecule has 2 N–H and O–H groups in total. The Labute approximate surface area is 68.6 Å². The molecule has 2 aromatic heterocycles. The second-order valence-electron chi connectivity index (χ2n) is 2.49. The molecule has 0 radical (unpaired) electrons. The number of hydrogen-bond acceptors (Lipinski definition) is 2. The van der Waals surface area contributed by atoms with Gasteiger partial charge in [0.05, 0.1) is 12.7 Å². The monoisotopic (exact) mass is 165 g/mol. The highest BCUT2D eigenvalue weighted by molar-refractivity contribution is 5.47. The van der Waals surface area contributed by atoms with Gasteiger partial charge in [-0.1, -0.05) is 0 Å². The van der Waals surface area contributed by atoms with E-state index in [0.29, 0.717) is 17.9 Å². The third-order valence-corrected chi connectivity index (χ3v) is 1.78. The lowest BCUT2D eigenvalue weighted by atomic mass is 10.4. The van der Waals surface area contributed by atoms with Crippen molar-refractivity contribution >= 4 is 5.52 Å². The van der Waals surface area contributed by atoms with E-state index in [1.165, 1.54) is 12.3 Å². The molecule has 2 rings (SSSR count). The van der Waals surface area contributed by atoms with Crippen LogP contribution in [0, 0.1) is 5.82 Å². The highest BCUT2D eigenvalue weighted by atomic mass is 19.1. The van der Waals surface area contributed by atoms with Crippen LogP contribution in [0.2, 0.25) is 0 Å². The van der Waals surface area contributed by atoms with E-state index in [9.17, 15) is 4.39 Å². The van der Waals surface area contributed by atoms with Crippen molar-refractivity contribution < 1.29 is 4.39 Å². The van der Waals surface area contributed by atoms with E-state index in [2.05, 4.69) is 4.98 Å². The molecule has 0 aliphatic heterocycles. The van der Waals surface area contributed by atoms with E-state index in [1.807, 2.05) is 0 Å². The minimum atomic E-state index is -0.273. The van der Waals surface area contributed by atoms with Gasteiger partial charge in [-0.15, -0.1) is 0 Å². The molecule has 2 aromatic rings. The summed E-state index contributed by atoms with van der Waals surface area (Å²) in [7, 11) is 0. The molecular formula is C8H8FN3. The van der Waals surface area contributed by atoms with Crippen molar-refractivity contribution in [2.45, 2.75) is 6.54 Å². The fourth-order valence-electron chi connectivity index (χ4n) is 1.19. The SMILES string of the molecule is NCc1ncc2c(F)cccn12. The molecule has 0 fully saturated rings. The van der Waals surface area contributed by atoms with Crippen molar-refractivity contribution in [1.29, 1.82) is 0 Å². The molecule has 3 nitrogen and oxygen atoms in total. The van der Waals surface area contributed by atoms with Crippen molar-refractivity contribution in [2.75, 3.05) is 0 Å². The van der Waals surface area contributed by atoms with Crippen LogP contribution in [-0.2, 0) is 6.54 Å². The summed E-state index contributed by atoms with van der Waals surface area (Å²) in [6.07, 6.45) is 3.23. The van der Waals surface area contributed by atoms with Crippen LogP contribution in [0.5, 0.6) is 0 Å². The molecular weight excluding hydrogens is 157 g/mol. The van der Waals surface area contributed by atoms with Crippen LogP contribution >= 0.6 is 0 Å². The number of nitrogens with zero attached hydrogens (tertiary/aromatic N) is 2. The molecule has 0 amide bonds. The predicted molar refractivity (Wildman–Crippen MR) is 43.0 cm³/mol. The van der Waals surface area contributed by atoms with Crippen LogP contribution in [0.15, 0.2) is 24.5 Å². The Balaban J connectivity index is 2.80. The highest BCUT2D eigenvalue weighted by Gasteiger charge is 2.03. The molecule has 0 aromatic carbocycles. The van der Waals surface area contributed by atoms with Gasteiger partial charge in [0.15, 0.2) is 0 Å². The lowest BCUT2D eigenvalue weighted by molar-refractivity contribution is 0.632. The van der Waals surface area contributed by atoms with Gasteiger partial charge in [-0.2, -0.15) is 0 Å². The molecule has 4 heteroatoms. The van der Waals surface area contributed by atoms with E-state index < -0.39 is 0 Å². The first-order valence-electron chi connectivity index (χ1n) is 3.63. The Morgan fingerprint density at radius 1 is 1.58 bits per heavy atom. The average molecular weight is 165 g/mol. The van der Waals surface area contributed by atoms with Crippen molar-refractivity contribution in [2.24, 2.45) is 5.73 Å². The zero-order valence-electron chi connectivity index (χ0n) is 6.37. The Bertz CT molecular complexity index is 408. The molecule has 0 spiro atoms. The molecule has 0 unspecified atom stereocenters. The Morgan fingerprint density at radius 3 is 3.17 bits per heavy atom. The average Bonchev–Trinajstić information content (AvgIpc) is 2.49. The summed E-state index contributed by atoms with van der Waals surface area (Å²) in [5.74, 6) is 0.397. The maximum Gasteiger partial charge on any atom is 0.148 e. The van der Waals surface area contributed by atoms with Gasteiger partial charge in [0, 0.05) is 6.20 Å². The van der Waals surface area contributed by atoms with E-state index in [1.54, 1.807) is 16.7 Å². The van der Waals surface area contributed by atoms with Crippen LogP contribution in [-0.4, -0.2) is 9.38 Å². The zero-order valence-corrected chi connectivity index (χ0v) is 6.37. The summed E-state index contributed by atoms with van der Waals surface area (Å²) in [4.78, 5) is 3.97. The number of aromatic nitrogens is 2. The number of rotatable bonds is 1. The largest absolute Gasteiger partial charge is 0.324 e. The summed E-state index contributed by atoms with van der Waals surface area (Å²) in [6, 6.07) is 3.03. The molecule has 0 saturated heterocycles. The molecule has 2 heterocycles. The minimum Gasteiger partial charge on any atom is -0.324 e. The van der Waals surface area contributed by atoms with E-state index >= 15 is 0 Å². The lowest BCUT2D eigenvalue weighted by Gasteiger charge is -1.97. The summed E-state index contributed by atoms with van der Waals surface area (Å²) >= 11 is 0. The number of nitrogens with two attached hydrogens (primary N) is 1. The van der Waals surface area contributed by atoms with Crippen molar-refractivity contribution in [1.82, 2.24) is 9.38 Å². The molecule has 0 aliphatic rings. The molecule has 12 heavy (non-hydrogen) atoms. The summed E-state index contributed by atoms with van der Waals surface area (Å²) in [6.45, 7) is 0.317. The van der Waals surface area contributed by atoms with Crippen molar-refractivity contribution in [3.8, 4) is 0 Å². The van der Waals surface area contributed by atoms with Gasteiger partial charge in [0.2, 0.25) is 0 Å². The van der Waals surface area contributed by atoms with Gasteiger partial charge in [-0.05, 0) is 12.1 Å². The normalized spacial score (nSPS) is 10.8. The van der Waals surface area contributed by atoms with Crippen LogP contribution in [0.3, 0.4) is 0 Å². The first kappa shape index (κ1) is 7.24. The Morgan fingerprint density at radius 2 is 2.42 bits per heavy atom. The predicted octanol–water partition coefficient (Wildman–Crippen LogP) is 0.932. The minimum absolute atomic E-state index is 0.273. The number of imidazole rings is 1. The summed E-state index contributed by atoms with van der Waals surface area (Å²) < 4.78 is 14.7. The fourth-order valence-corrected chi connectivity index (χ4v) is 1.19. The lowest BCUT2D eigenvalue weighted by Crippen LogP contribution is -2.02. The second kappa shape index (κ2) is 2.57. The molecule has 0 bridgehead atoms. The number of hydrogen-bond donors (Lipinski definition) is 1. The third kappa shape index (κ3) is 0.887. The van der Waals surface area contributed by atoms with Crippen LogP contribution < -0.4 is 5.73 Å². The van der Waals surface area contributed by atoms with Gasteiger partial charge < -0.3 is 10.1 Å². The smallest absolute Gasteiger partial charge is 0.148 e. The van der Waals surface area contributed by atoms with E-state index in [4.69, 9.17) is 5.73 Å². The first-order valence-corrected chi connectivity index (χ1v) is 3.63. The van der Waals surface area contributed by atoms with Crippen molar-refractivity contribution in [3.05, 3.63) is 36.2 Å². The quantitative estimate of drug-likeness (QED) is 0.683. The Hall–Kier alpha value is -1.42. The molecule has 62 valence electrons. The third-order valence-electron chi connectivity index (χ3n) is 1.78. The van der Waals surface area contributed by atoms with Crippen LogP contribution in [0.4, 0.5) is 4.39 Å². The fraction of sp³-hybridized carbons (Fsp3) is 0.125. The van der Waals surface area contributed by atoms with Gasteiger partial charge in [0.1, 0.15) is 17.2 Å². The van der Waals surface area contributed by atoms with E-state index in [-0.39, 0.29) is 5.82 Å². The molecule has 0 saturated carbocycles. The first-order chi connectivity index (χ1) is 5.83. The van der Waals surface area contributed by atoms with Gasteiger partial charge in [-0.3, -0.25) is 0 Å². The van der Waals surface area contributed by atoms with Gasteiger partial charge in [0.25, 0.3) is 0 Å².